The summed E-state index contributed by atoms with van der Waals surface area (Å²) in [6.07, 6.45) is 2.50. The summed E-state index contributed by atoms with van der Waals surface area (Å²) >= 11 is 0. The van der Waals surface area contributed by atoms with Gasteiger partial charge in [-0.15, -0.1) is 0 Å². The number of carbonyl (C=O) groups is 1. The van der Waals surface area contributed by atoms with E-state index < -0.39 is 0 Å². The molecule has 1 rings (SSSR count). The molecule has 5 heteroatoms. The molecular weight excluding hydrogens is 268 g/mol. The van der Waals surface area contributed by atoms with E-state index in [4.69, 9.17) is 9.84 Å². The monoisotopic (exact) mass is 294 g/mol. The molecule has 1 aromatic carbocycles. The fourth-order valence-corrected chi connectivity index (χ4v) is 2.10. The maximum atomic E-state index is 11.9. The Morgan fingerprint density at radius 2 is 1.86 bits per heavy atom. The molecule has 21 heavy (non-hydrogen) atoms. The van der Waals surface area contributed by atoms with E-state index in [9.17, 15) is 4.79 Å². The lowest BCUT2D eigenvalue weighted by Crippen LogP contribution is -2.31. The number of aliphatic hydroxyl groups excluding tert-OH is 1. The zero-order chi connectivity index (χ0) is 15.5. The SMILES string of the molecule is CCc1cccc(CC)c1NC(=O)NCCCOCCO. The lowest BCUT2D eigenvalue weighted by Gasteiger charge is -2.15. The van der Waals surface area contributed by atoms with Crippen LogP contribution >= 0.6 is 0 Å². The van der Waals surface area contributed by atoms with E-state index in [2.05, 4.69) is 24.5 Å². The quantitative estimate of drug-likeness (QED) is 0.612. The number of hydrogen-bond donors (Lipinski definition) is 3. The number of nitrogens with one attached hydrogen (secondary N) is 2. The molecule has 118 valence electrons. The second kappa shape index (κ2) is 10.2. The van der Waals surface area contributed by atoms with Crippen molar-refractivity contribution in [1.82, 2.24) is 5.32 Å². The Kier molecular flexibility index (Phi) is 8.47. The van der Waals surface area contributed by atoms with Crippen molar-refractivity contribution in [2.45, 2.75) is 33.1 Å². The Morgan fingerprint density at radius 1 is 1.19 bits per heavy atom. The van der Waals surface area contributed by atoms with Crippen molar-refractivity contribution < 1.29 is 14.6 Å². The molecule has 3 N–H and O–H groups in total. The highest BCUT2D eigenvalue weighted by Gasteiger charge is 2.09. The molecule has 0 saturated heterocycles. The highest BCUT2D eigenvalue weighted by atomic mass is 16.5. The molecule has 0 aliphatic carbocycles. The van der Waals surface area contributed by atoms with Crippen LogP contribution in [0, 0.1) is 0 Å². The second-order valence-electron chi connectivity index (χ2n) is 4.73. The minimum Gasteiger partial charge on any atom is -0.394 e. The number of amides is 2. The topological polar surface area (TPSA) is 70.6 Å². The lowest BCUT2D eigenvalue weighted by atomic mass is 10.0. The molecule has 1 aromatic rings. The summed E-state index contributed by atoms with van der Waals surface area (Å²) in [5.74, 6) is 0. The largest absolute Gasteiger partial charge is 0.394 e. The van der Waals surface area contributed by atoms with Gasteiger partial charge in [0.15, 0.2) is 0 Å². The Bertz CT molecular complexity index is 413. The van der Waals surface area contributed by atoms with E-state index >= 15 is 0 Å². The number of hydrogen-bond acceptors (Lipinski definition) is 3. The highest BCUT2D eigenvalue weighted by molar-refractivity contribution is 5.91. The van der Waals surface area contributed by atoms with Gasteiger partial charge in [-0.1, -0.05) is 32.0 Å². The zero-order valence-electron chi connectivity index (χ0n) is 12.9. The molecule has 0 aliphatic heterocycles. The average Bonchev–Trinajstić information content (AvgIpc) is 2.51. The number of benzene rings is 1. The third-order valence-corrected chi connectivity index (χ3v) is 3.22. The maximum absolute atomic E-state index is 11.9. The van der Waals surface area contributed by atoms with Gasteiger partial charge in [0.05, 0.1) is 13.2 Å². The van der Waals surface area contributed by atoms with Crippen LogP contribution in [-0.4, -0.2) is 37.5 Å². The first kappa shape index (κ1) is 17.5. The van der Waals surface area contributed by atoms with Crippen molar-refractivity contribution in [3.05, 3.63) is 29.3 Å². The molecule has 0 aromatic heterocycles. The predicted octanol–water partition coefficient (Wildman–Crippen LogP) is 2.33. The number of urea groups is 1. The molecule has 0 saturated carbocycles. The standard InChI is InChI=1S/C16H26N2O3/c1-3-13-7-5-8-14(4-2)15(13)18-16(20)17-9-6-11-21-12-10-19/h5,7-8,19H,3-4,6,9-12H2,1-2H3,(H2,17,18,20). The van der Waals surface area contributed by atoms with Crippen molar-refractivity contribution in [1.29, 1.82) is 0 Å². The first-order valence-electron chi connectivity index (χ1n) is 7.57. The molecule has 0 radical (unpaired) electrons. The summed E-state index contributed by atoms with van der Waals surface area (Å²) < 4.78 is 5.13. The first-order valence-corrected chi connectivity index (χ1v) is 7.57. The smallest absolute Gasteiger partial charge is 0.319 e. The fraction of sp³-hybridized carbons (Fsp3) is 0.562. The maximum Gasteiger partial charge on any atom is 0.319 e. The van der Waals surface area contributed by atoms with Crippen LogP contribution in [0.4, 0.5) is 10.5 Å². The van der Waals surface area contributed by atoms with Crippen molar-refractivity contribution >= 4 is 11.7 Å². The minimum absolute atomic E-state index is 0.0293. The summed E-state index contributed by atoms with van der Waals surface area (Å²) in [5, 5.41) is 14.3. The van der Waals surface area contributed by atoms with Crippen molar-refractivity contribution in [2.24, 2.45) is 0 Å². The van der Waals surface area contributed by atoms with Gasteiger partial charge in [-0.2, -0.15) is 0 Å². The van der Waals surface area contributed by atoms with Gasteiger partial charge in [0.1, 0.15) is 0 Å². The Morgan fingerprint density at radius 3 is 2.43 bits per heavy atom. The number of anilines is 1. The highest BCUT2D eigenvalue weighted by Crippen LogP contribution is 2.22. The normalized spacial score (nSPS) is 10.4. The van der Waals surface area contributed by atoms with Gasteiger partial charge in [0.2, 0.25) is 0 Å². The molecule has 5 nitrogen and oxygen atoms in total. The molecule has 0 atom stereocenters. The third-order valence-electron chi connectivity index (χ3n) is 3.22. The Labute approximate surface area is 126 Å². The van der Waals surface area contributed by atoms with Gasteiger partial charge in [0, 0.05) is 18.8 Å². The summed E-state index contributed by atoms with van der Waals surface area (Å²) in [5.41, 5.74) is 3.23. The van der Waals surface area contributed by atoms with Crippen LogP contribution in [0.3, 0.4) is 0 Å². The zero-order valence-corrected chi connectivity index (χ0v) is 12.9. The van der Waals surface area contributed by atoms with Crippen LogP contribution in [0.2, 0.25) is 0 Å². The number of rotatable bonds is 9. The lowest BCUT2D eigenvalue weighted by molar-refractivity contribution is 0.0910. The molecule has 2 amide bonds. The van der Waals surface area contributed by atoms with Crippen molar-refractivity contribution in [2.75, 3.05) is 31.7 Å². The molecule has 0 aliphatic rings. The van der Waals surface area contributed by atoms with Gasteiger partial charge < -0.3 is 20.5 Å². The number of para-hydroxylation sites is 1. The van der Waals surface area contributed by atoms with Crippen LogP contribution in [0.25, 0.3) is 0 Å². The van der Waals surface area contributed by atoms with Crippen LogP contribution in [0.1, 0.15) is 31.4 Å². The van der Waals surface area contributed by atoms with Gasteiger partial charge in [-0.25, -0.2) is 4.79 Å². The van der Waals surface area contributed by atoms with Crippen LogP contribution in [0.15, 0.2) is 18.2 Å². The fourth-order valence-electron chi connectivity index (χ4n) is 2.10. The molecule has 0 unspecified atom stereocenters. The number of carbonyl (C=O) groups excluding carboxylic acids is 1. The molecule has 0 bridgehead atoms. The van der Waals surface area contributed by atoms with Crippen LogP contribution in [-0.2, 0) is 17.6 Å². The van der Waals surface area contributed by atoms with E-state index in [-0.39, 0.29) is 12.6 Å². The summed E-state index contributed by atoms with van der Waals surface area (Å²) in [7, 11) is 0. The first-order chi connectivity index (χ1) is 10.2. The minimum atomic E-state index is -0.187. The molecule has 0 spiro atoms. The van der Waals surface area contributed by atoms with Gasteiger partial charge in [-0.05, 0) is 30.4 Å². The van der Waals surface area contributed by atoms with Gasteiger partial charge in [-0.3, -0.25) is 0 Å². The van der Waals surface area contributed by atoms with E-state index in [1.807, 2.05) is 18.2 Å². The summed E-state index contributed by atoms with van der Waals surface area (Å²) in [4.78, 5) is 11.9. The molecule has 0 heterocycles. The van der Waals surface area contributed by atoms with Crippen molar-refractivity contribution in [3.63, 3.8) is 0 Å². The van der Waals surface area contributed by atoms with Gasteiger partial charge >= 0.3 is 6.03 Å². The number of aryl methyl sites for hydroxylation is 2. The van der Waals surface area contributed by atoms with E-state index in [1.165, 1.54) is 0 Å². The Hall–Kier alpha value is -1.59. The van der Waals surface area contributed by atoms with Crippen LogP contribution < -0.4 is 10.6 Å². The second-order valence-corrected chi connectivity index (χ2v) is 4.73. The van der Waals surface area contributed by atoms with Crippen molar-refractivity contribution in [3.8, 4) is 0 Å². The predicted molar refractivity (Wildman–Crippen MR) is 84.7 cm³/mol. The van der Waals surface area contributed by atoms with E-state index in [0.29, 0.717) is 19.8 Å². The van der Waals surface area contributed by atoms with Crippen LogP contribution in [0.5, 0.6) is 0 Å². The number of ether oxygens (including phenoxy) is 1. The summed E-state index contributed by atoms with van der Waals surface area (Å²) in [6.45, 7) is 5.61. The number of aliphatic hydroxyl groups is 1. The Balaban J connectivity index is 2.44. The van der Waals surface area contributed by atoms with E-state index in [0.717, 1.165) is 36.1 Å². The average molecular weight is 294 g/mol. The summed E-state index contributed by atoms with van der Waals surface area (Å²) in [6, 6.07) is 5.92. The molecule has 0 fully saturated rings. The van der Waals surface area contributed by atoms with E-state index in [1.54, 1.807) is 0 Å². The third kappa shape index (κ3) is 6.14. The van der Waals surface area contributed by atoms with Gasteiger partial charge in [0.25, 0.3) is 0 Å². The molecular formula is C16H26N2O3.